The fraction of sp³-hybridized carbons (Fsp3) is 0.611. The van der Waals surface area contributed by atoms with Gasteiger partial charge in [-0.1, -0.05) is 13.8 Å². The zero-order chi connectivity index (χ0) is 14.6. The number of anilines is 1. The van der Waals surface area contributed by atoms with E-state index in [1.807, 2.05) is 12.1 Å². The normalized spacial score (nSPS) is 29.9. The molecule has 2 aliphatic rings. The summed E-state index contributed by atoms with van der Waals surface area (Å²) in [6.07, 6.45) is 6.53. The van der Waals surface area contributed by atoms with Gasteiger partial charge in [0.1, 0.15) is 5.82 Å². The fourth-order valence-corrected chi connectivity index (χ4v) is 3.90. The van der Waals surface area contributed by atoms with Gasteiger partial charge in [0.2, 0.25) is 0 Å². The molecule has 2 saturated carbocycles. The van der Waals surface area contributed by atoms with E-state index >= 15 is 0 Å². The summed E-state index contributed by atoms with van der Waals surface area (Å²) in [6.45, 7) is 4.81. The number of nitrogens with two attached hydrogens (primary N) is 1. The zero-order valence-electron chi connectivity index (χ0n) is 13.0. The Bertz CT molecular complexity index is 668. The molecule has 1 heterocycles. The third-order valence-corrected chi connectivity index (χ3v) is 5.62. The fourth-order valence-electron chi connectivity index (χ4n) is 3.90. The molecule has 0 amide bonds. The van der Waals surface area contributed by atoms with Gasteiger partial charge in [-0.2, -0.15) is 0 Å². The van der Waals surface area contributed by atoms with Crippen LogP contribution in [0.1, 0.15) is 63.7 Å². The van der Waals surface area contributed by atoms with Crippen LogP contribution in [0.15, 0.2) is 18.2 Å². The number of hydrogen-bond acceptors (Lipinski definition) is 2. The molecule has 3 unspecified atom stereocenters. The molecule has 3 heteroatoms. The highest BCUT2D eigenvalue weighted by Crippen LogP contribution is 2.45. The molecule has 4 rings (SSSR count). The summed E-state index contributed by atoms with van der Waals surface area (Å²) in [6, 6.07) is 6.85. The van der Waals surface area contributed by atoms with Crippen molar-refractivity contribution in [2.24, 2.45) is 11.8 Å². The van der Waals surface area contributed by atoms with Gasteiger partial charge >= 0.3 is 0 Å². The summed E-state index contributed by atoms with van der Waals surface area (Å²) in [5.74, 6) is 3.67. The second kappa shape index (κ2) is 4.75. The monoisotopic (exact) mass is 283 g/mol. The SMILES string of the molecule is CC1CCC(n2c(C3CC3)nc3cc(N)ccc32)CC1C. The second-order valence-electron chi connectivity index (χ2n) is 7.28. The lowest BCUT2D eigenvalue weighted by atomic mass is 9.79. The number of rotatable bonds is 2. The van der Waals surface area contributed by atoms with Crippen LogP contribution in [0.4, 0.5) is 5.69 Å². The standard InChI is InChI=1S/C18H25N3/c1-11-3-7-15(9-12(11)2)21-17-8-6-14(19)10-16(17)20-18(21)13-4-5-13/h6,8,10-13,15H,3-5,7,9,19H2,1-2H3. The number of nitrogen functional groups attached to an aromatic ring is 1. The van der Waals surface area contributed by atoms with E-state index in [1.54, 1.807) is 0 Å². The van der Waals surface area contributed by atoms with Crippen molar-refractivity contribution in [1.29, 1.82) is 0 Å². The summed E-state index contributed by atoms with van der Waals surface area (Å²) in [5, 5.41) is 0. The van der Waals surface area contributed by atoms with Crippen LogP contribution in [0.5, 0.6) is 0 Å². The maximum atomic E-state index is 5.94. The van der Waals surface area contributed by atoms with Gasteiger partial charge in [0, 0.05) is 17.6 Å². The van der Waals surface area contributed by atoms with Gasteiger partial charge in [0.15, 0.2) is 0 Å². The highest BCUT2D eigenvalue weighted by Gasteiger charge is 2.34. The quantitative estimate of drug-likeness (QED) is 0.825. The highest BCUT2D eigenvalue weighted by atomic mass is 15.1. The number of hydrogen-bond donors (Lipinski definition) is 1. The predicted molar refractivity (Wildman–Crippen MR) is 87.3 cm³/mol. The van der Waals surface area contributed by atoms with E-state index in [2.05, 4.69) is 24.5 Å². The lowest BCUT2D eigenvalue weighted by Gasteiger charge is -2.34. The van der Waals surface area contributed by atoms with E-state index in [-0.39, 0.29) is 0 Å². The number of fused-ring (bicyclic) bond motifs is 1. The van der Waals surface area contributed by atoms with Gasteiger partial charge in [0.25, 0.3) is 0 Å². The van der Waals surface area contributed by atoms with Gasteiger partial charge in [0.05, 0.1) is 11.0 Å². The van der Waals surface area contributed by atoms with Crippen molar-refractivity contribution < 1.29 is 0 Å². The molecule has 0 spiro atoms. The topological polar surface area (TPSA) is 43.8 Å². The molecule has 3 nitrogen and oxygen atoms in total. The van der Waals surface area contributed by atoms with E-state index < -0.39 is 0 Å². The molecule has 0 saturated heterocycles. The molecule has 0 radical (unpaired) electrons. The molecule has 2 N–H and O–H groups in total. The Labute approximate surface area is 126 Å². The van der Waals surface area contributed by atoms with Crippen LogP contribution in [-0.4, -0.2) is 9.55 Å². The molecule has 1 aromatic carbocycles. The van der Waals surface area contributed by atoms with Crippen molar-refractivity contribution in [3.05, 3.63) is 24.0 Å². The number of aromatic nitrogens is 2. The average molecular weight is 283 g/mol. The van der Waals surface area contributed by atoms with Crippen LogP contribution >= 0.6 is 0 Å². The van der Waals surface area contributed by atoms with Crippen LogP contribution in [0.3, 0.4) is 0 Å². The summed E-state index contributed by atoms with van der Waals surface area (Å²) >= 11 is 0. The smallest absolute Gasteiger partial charge is 0.113 e. The van der Waals surface area contributed by atoms with Crippen LogP contribution in [0.2, 0.25) is 0 Å². The molecular weight excluding hydrogens is 258 g/mol. The summed E-state index contributed by atoms with van der Waals surface area (Å²) < 4.78 is 2.56. The number of imidazole rings is 1. The van der Waals surface area contributed by atoms with E-state index in [4.69, 9.17) is 10.7 Å². The van der Waals surface area contributed by atoms with Crippen molar-refractivity contribution in [3.8, 4) is 0 Å². The Morgan fingerprint density at radius 3 is 2.62 bits per heavy atom. The Hall–Kier alpha value is -1.51. The van der Waals surface area contributed by atoms with Crippen molar-refractivity contribution >= 4 is 16.7 Å². The first-order chi connectivity index (χ1) is 10.1. The maximum Gasteiger partial charge on any atom is 0.113 e. The Balaban J connectivity index is 1.80. The lowest BCUT2D eigenvalue weighted by Crippen LogP contribution is -2.24. The van der Waals surface area contributed by atoms with Crippen LogP contribution in [0.25, 0.3) is 11.0 Å². The molecule has 3 atom stereocenters. The zero-order valence-corrected chi connectivity index (χ0v) is 13.0. The van der Waals surface area contributed by atoms with Crippen molar-refractivity contribution in [2.75, 3.05) is 5.73 Å². The Morgan fingerprint density at radius 1 is 1.10 bits per heavy atom. The van der Waals surface area contributed by atoms with Gasteiger partial charge in [-0.25, -0.2) is 4.98 Å². The minimum Gasteiger partial charge on any atom is -0.399 e. The van der Waals surface area contributed by atoms with Crippen molar-refractivity contribution in [3.63, 3.8) is 0 Å². The van der Waals surface area contributed by atoms with Crippen LogP contribution < -0.4 is 5.73 Å². The molecule has 2 fully saturated rings. The molecule has 0 aliphatic heterocycles. The first-order valence-electron chi connectivity index (χ1n) is 8.41. The lowest BCUT2D eigenvalue weighted by molar-refractivity contribution is 0.211. The van der Waals surface area contributed by atoms with Crippen molar-refractivity contribution in [1.82, 2.24) is 9.55 Å². The van der Waals surface area contributed by atoms with Crippen LogP contribution in [-0.2, 0) is 0 Å². The summed E-state index contributed by atoms with van der Waals surface area (Å²) in [5.41, 5.74) is 9.14. The summed E-state index contributed by atoms with van der Waals surface area (Å²) in [4.78, 5) is 4.94. The Kier molecular flexibility index (Phi) is 2.98. The third kappa shape index (κ3) is 2.23. The van der Waals surface area contributed by atoms with Gasteiger partial charge < -0.3 is 10.3 Å². The maximum absolute atomic E-state index is 5.94. The molecule has 1 aromatic heterocycles. The van der Waals surface area contributed by atoms with Gasteiger partial charge in [-0.3, -0.25) is 0 Å². The molecule has 21 heavy (non-hydrogen) atoms. The minimum absolute atomic E-state index is 0.625. The predicted octanol–water partition coefficient (Wildman–Crippen LogP) is 4.49. The molecule has 2 aliphatic carbocycles. The average Bonchev–Trinajstić information content (AvgIpc) is 3.23. The Morgan fingerprint density at radius 2 is 1.90 bits per heavy atom. The molecule has 112 valence electrons. The molecule has 0 bridgehead atoms. The van der Waals surface area contributed by atoms with E-state index in [1.165, 1.54) is 43.4 Å². The van der Waals surface area contributed by atoms with E-state index in [0.29, 0.717) is 12.0 Å². The highest BCUT2D eigenvalue weighted by molar-refractivity contribution is 5.80. The first kappa shape index (κ1) is 13.2. The number of benzene rings is 1. The molecule has 2 aromatic rings. The van der Waals surface area contributed by atoms with Gasteiger partial charge in [-0.15, -0.1) is 0 Å². The number of nitrogens with zero attached hydrogens (tertiary/aromatic N) is 2. The summed E-state index contributed by atoms with van der Waals surface area (Å²) in [7, 11) is 0. The van der Waals surface area contributed by atoms with Crippen molar-refractivity contribution in [2.45, 2.75) is 57.9 Å². The van der Waals surface area contributed by atoms with E-state index in [0.717, 1.165) is 23.0 Å². The van der Waals surface area contributed by atoms with Crippen LogP contribution in [0, 0.1) is 11.8 Å². The third-order valence-electron chi connectivity index (χ3n) is 5.62. The largest absolute Gasteiger partial charge is 0.399 e. The van der Waals surface area contributed by atoms with Gasteiger partial charge in [-0.05, 0) is 62.1 Å². The molecular formula is C18H25N3. The second-order valence-corrected chi connectivity index (χ2v) is 7.28. The van der Waals surface area contributed by atoms with E-state index in [9.17, 15) is 0 Å². The first-order valence-corrected chi connectivity index (χ1v) is 8.41. The minimum atomic E-state index is 0.625.